The van der Waals surface area contributed by atoms with E-state index in [0.717, 1.165) is 18.9 Å². The van der Waals surface area contributed by atoms with Crippen LogP contribution >= 0.6 is 0 Å². The highest BCUT2D eigenvalue weighted by atomic mass is 16.6. The van der Waals surface area contributed by atoms with Crippen LogP contribution in [-0.4, -0.2) is 77.3 Å². The van der Waals surface area contributed by atoms with Crippen LogP contribution in [0.15, 0.2) is 0 Å². The average Bonchev–Trinajstić information content (AvgIpc) is 2.79. The Morgan fingerprint density at radius 3 is 1.39 bits per heavy atom. The Hall–Kier alpha value is -0.240. The summed E-state index contributed by atoms with van der Waals surface area (Å²) in [6.45, 7) is 11.8. The van der Waals surface area contributed by atoms with Gasteiger partial charge in [0.05, 0.1) is 65.6 Å². The Kier molecular flexibility index (Phi) is 27.8. The Labute approximate surface area is 205 Å². The summed E-state index contributed by atoms with van der Waals surface area (Å²) >= 11 is 0. The molecule has 0 aromatic heterocycles. The van der Waals surface area contributed by atoms with E-state index in [1.54, 1.807) is 0 Å². The molecule has 1 N–H and O–H groups in total. The minimum atomic E-state index is 0.0475. The first-order valence-electron chi connectivity index (χ1n) is 13.7. The monoisotopic (exact) mass is 476 g/mol. The number of ether oxygens (including phenoxy) is 5. The molecule has 0 aromatic rings. The maximum absolute atomic E-state index is 8.57. The molecule has 0 aliphatic rings. The lowest BCUT2D eigenvalue weighted by Crippen LogP contribution is -2.19. The molecule has 0 bridgehead atoms. The van der Waals surface area contributed by atoms with Crippen molar-refractivity contribution in [3.05, 3.63) is 0 Å². The molecule has 0 aliphatic carbocycles. The molecule has 0 aromatic carbocycles. The van der Waals surface area contributed by atoms with Crippen LogP contribution in [0.3, 0.4) is 0 Å². The van der Waals surface area contributed by atoms with Crippen molar-refractivity contribution < 1.29 is 28.8 Å². The van der Waals surface area contributed by atoms with Crippen molar-refractivity contribution in [2.24, 2.45) is 5.92 Å². The minimum absolute atomic E-state index is 0.0475. The predicted molar refractivity (Wildman–Crippen MR) is 136 cm³/mol. The Balaban J connectivity index is 3.14. The average molecular weight is 477 g/mol. The van der Waals surface area contributed by atoms with Gasteiger partial charge in [-0.25, -0.2) is 0 Å². The molecule has 6 nitrogen and oxygen atoms in total. The van der Waals surface area contributed by atoms with Gasteiger partial charge in [0.2, 0.25) is 0 Å². The second-order valence-corrected chi connectivity index (χ2v) is 9.39. The molecule has 0 amide bonds. The molecule has 0 radical (unpaired) electrons. The zero-order valence-corrected chi connectivity index (χ0v) is 22.2. The number of aliphatic hydroxyl groups is 1. The van der Waals surface area contributed by atoms with Crippen LogP contribution < -0.4 is 0 Å². The maximum atomic E-state index is 8.57. The number of hydrogen-bond acceptors (Lipinski definition) is 6. The van der Waals surface area contributed by atoms with Gasteiger partial charge in [-0.2, -0.15) is 0 Å². The van der Waals surface area contributed by atoms with Crippen molar-refractivity contribution in [2.75, 3.05) is 66.1 Å². The highest BCUT2D eigenvalue weighted by Gasteiger charge is 2.02. The molecule has 0 spiro atoms. The van der Waals surface area contributed by atoms with Gasteiger partial charge in [0.25, 0.3) is 0 Å². The second-order valence-electron chi connectivity index (χ2n) is 9.39. The molecule has 0 saturated heterocycles. The molecule has 6 heteroatoms. The fourth-order valence-corrected chi connectivity index (χ4v) is 3.55. The number of aliphatic hydroxyl groups excluding tert-OH is 1. The van der Waals surface area contributed by atoms with Gasteiger partial charge in [-0.1, -0.05) is 84.5 Å². The first-order chi connectivity index (χ1) is 16.2. The van der Waals surface area contributed by atoms with E-state index in [1.165, 1.54) is 70.6 Å². The summed E-state index contributed by atoms with van der Waals surface area (Å²) in [5.41, 5.74) is 0. The van der Waals surface area contributed by atoms with Gasteiger partial charge in [-0.3, -0.25) is 0 Å². The molecule has 0 aliphatic heterocycles. The topological polar surface area (TPSA) is 66.4 Å². The van der Waals surface area contributed by atoms with E-state index in [-0.39, 0.29) is 12.7 Å². The van der Waals surface area contributed by atoms with Gasteiger partial charge in [0.15, 0.2) is 0 Å². The van der Waals surface area contributed by atoms with Crippen molar-refractivity contribution in [1.82, 2.24) is 0 Å². The summed E-state index contributed by atoms with van der Waals surface area (Å²) in [5.74, 6) is 0.866. The normalized spacial score (nSPS) is 12.6. The summed E-state index contributed by atoms with van der Waals surface area (Å²) in [6, 6.07) is 0. The fraction of sp³-hybridized carbons (Fsp3) is 1.00. The largest absolute Gasteiger partial charge is 0.394 e. The predicted octanol–water partition coefficient (Wildman–Crippen LogP) is 5.79. The summed E-state index contributed by atoms with van der Waals surface area (Å²) in [6.07, 6.45) is 16.6. The minimum Gasteiger partial charge on any atom is -0.394 e. The molecule has 0 saturated carbocycles. The van der Waals surface area contributed by atoms with E-state index in [4.69, 9.17) is 28.8 Å². The van der Waals surface area contributed by atoms with Crippen molar-refractivity contribution in [3.63, 3.8) is 0 Å². The van der Waals surface area contributed by atoms with E-state index < -0.39 is 0 Å². The molecule has 200 valence electrons. The van der Waals surface area contributed by atoms with Crippen LogP contribution in [-0.2, 0) is 23.7 Å². The molecular formula is C27H56O6. The number of rotatable bonds is 28. The van der Waals surface area contributed by atoms with Crippen molar-refractivity contribution in [2.45, 2.75) is 104 Å². The van der Waals surface area contributed by atoms with Gasteiger partial charge in [-0.05, 0) is 19.3 Å². The lowest BCUT2D eigenvalue weighted by molar-refractivity contribution is -0.0334. The summed E-state index contributed by atoms with van der Waals surface area (Å²) in [4.78, 5) is 0. The van der Waals surface area contributed by atoms with Gasteiger partial charge >= 0.3 is 0 Å². The third-order valence-electron chi connectivity index (χ3n) is 5.53. The van der Waals surface area contributed by atoms with Crippen LogP contribution in [0.25, 0.3) is 0 Å². The summed E-state index contributed by atoms with van der Waals surface area (Å²) < 4.78 is 27.4. The van der Waals surface area contributed by atoms with E-state index in [0.29, 0.717) is 52.9 Å². The molecular weight excluding hydrogens is 420 g/mol. The lowest BCUT2D eigenvalue weighted by atomic mass is 10.0. The molecule has 0 heterocycles. The standard InChI is InChI=1S/C27H56O6/c1-26(2)15-13-11-9-7-5-4-6-8-10-12-14-17-33-27(3)25-32-24-23-31-22-21-30-20-19-29-18-16-28/h26-28H,4-25H2,1-3H3. The summed E-state index contributed by atoms with van der Waals surface area (Å²) in [5, 5.41) is 8.57. The lowest BCUT2D eigenvalue weighted by Gasteiger charge is -2.13. The first-order valence-corrected chi connectivity index (χ1v) is 13.7. The van der Waals surface area contributed by atoms with Crippen LogP contribution in [0.1, 0.15) is 97.8 Å². The Morgan fingerprint density at radius 1 is 0.485 bits per heavy atom. The SMILES string of the molecule is CC(C)CCCCCCCCCCCCCOC(C)COCCOCCOCCOCCO. The third-order valence-corrected chi connectivity index (χ3v) is 5.53. The molecule has 1 atom stereocenters. The fourth-order valence-electron chi connectivity index (χ4n) is 3.55. The summed E-state index contributed by atoms with van der Waals surface area (Å²) in [7, 11) is 0. The van der Waals surface area contributed by atoms with Crippen LogP contribution in [0.5, 0.6) is 0 Å². The van der Waals surface area contributed by atoms with E-state index in [2.05, 4.69) is 20.8 Å². The van der Waals surface area contributed by atoms with Crippen molar-refractivity contribution in [3.8, 4) is 0 Å². The molecule has 1 unspecified atom stereocenters. The van der Waals surface area contributed by atoms with Crippen LogP contribution in [0, 0.1) is 5.92 Å². The number of hydrogen-bond donors (Lipinski definition) is 1. The van der Waals surface area contributed by atoms with Gasteiger partial charge in [-0.15, -0.1) is 0 Å². The van der Waals surface area contributed by atoms with E-state index in [9.17, 15) is 0 Å². The van der Waals surface area contributed by atoms with E-state index in [1.807, 2.05) is 0 Å². The highest BCUT2D eigenvalue weighted by molar-refractivity contribution is 4.52. The van der Waals surface area contributed by atoms with Gasteiger partial charge < -0.3 is 28.8 Å². The van der Waals surface area contributed by atoms with Crippen LogP contribution in [0.4, 0.5) is 0 Å². The maximum Gasteiger partial charge on any atom is 0.0780 e. The van der Waals surface area contributed by atoms with Crippen molar-refractivity contribution in [1.29, 1.82) is 0 Å². The van der Waals surface area contributed by atoms with Gasteiger partial charge in [0.1, 0.15) is 0 Å². The van der Waals surface area contributed by atoms with Gasteiger partial charge in [0, 0.05) is 6.61 Å². The molecule has 33 heavy (non-hydrogen) atoms. The van der Waals surface area contributed by atoms with Crippen LogP contribution in [0.2, 0.25) is 0 Å². The zero-order valence-electron chi connectivity index (χ0n) is 22.2. The Morgan fingerprint density at radius 2 is 0.909 bits per heavy atom. The highest BCUT2D eigenvalue weighted by Crippen LogP contribution is 2.13. The van der Waals surface area contributed by atoms with Crippen molar-refractivity contribution >= 4 is 0 Å². The molecule has 0 fully saturated rings. The Bertz CT molecular complexity index is 354. The number of unbranched alkanes of at least 4 members (excludes halogenated alkanes) is 10. The van der Waals surface area contributed by atoms with E-state index >= 15 is 0 Å². The zero-order chi connectivity index (χ0) is 24.2. The smallest absolute Gasteiger partial charge is 0.0780 e. The second kappa shape index (κ2) is 28.0. The third kappa shape index (κ3) is 29.7. The quantitative estimate of drug-likeness (QED) is 0.144. The first kappa shape index (κ1) is 32.8. The molecule has 0 rings (SSSR count).